The van der Waals surface area contributed by atoms with E-state index in [2.05, 4.69) is 16.0 Å². The lowest BCUT2D eigenvalue weighted by molar-refractivity contribution is -0.118. The Balaban J connectivity index is 1.81. The molecule has 1 aromatic carbocycles. The third-order valence-corrected chi connectivity index (χ3v) is 3.28. The highest BCUT2D eigenvalue weighted by atomic mass is 19.1. The van der Waals surface area contributed by atoms with Crippen LogP contribution < -0.4 is 16.0 Å². The van der Waals surface area contributed by atoms with E-state index in [0.29, 0.717) is 13.1 Å². The molecule has 0 bridgehead atoms. The van der Waals surface area contributed by atoms with E-state index in [1.165, 1.54) is 19.1 Å². The molecule has 0 unspecified atom stereocenters. The van der Waals surface area contributed by atoms with Crippen LogP contribution >= 0.6 is 0 Å². The van der Waals surface area contributed by atoms with Crippen molar-refractivity contribution < 1.29 is 14.0 Å². The average Bonchev–Trinajstić information content (AvgIpc) is 3.16. The molecular weight excluding hydrogens is 261 g/mol. The van der Waals surface area contributed by atoms with Gasteiger partial charge >= 0.3 is 6.03 Å². The maximum Gasteiger partial charge on any atom is 0.315 e. The number of amides is 3. The van der Waals surface area contributed by atoms with Gasteiger partial charge in [-0.3, -0.25) is 4.79 Å². The predicted molar refractivity (Wildman–Crippen MR) is 72.5 cm³/mol. The maximum absolute atomic E-state index is 12.9. The predicted octanol–water partition coefficient (Wildman–Crippen LogP) is 1.25. The van der Waals surface area contributed by atoms with Crippen LogP contribution in [0.25, 0.3) is 0 Å². The Kier molecular flexibility index (Phi) is 4.22. The van der Waals surface area contributed by atoms with Gasteiger partial charge in [0.05, 0.1) is 5.54 Å². The van der Waals surface area contributed by atoms with Gasteiger partial charge in [0.2, 0.25) is 5.91 Å². The molecule has 0 aliphatic heterocycles. The van der Waals surface area contributed by atoms with Crippen LogP contribution in [0, 0.1) is 5.82 Å². The monoisotopic (exact) mass is 279 g/mol. The molecule has 1 saturated carbocycles. The number of halogens is 1. The smallest absolute Gasteiger partial charge is 0.315 e. The van der Waals surface area contributed by atoms with Gasteiger partial charge in [-0.25, -0.2) is 9.18 Å². The molecular formula is C14H18FN3O2. The van der Waals surface area contributed by atoms with Gasteiger partial charge in [-0.2, -0.15) is 0 Å². The zero-order valence-corrected chi connectivity index (χ0v) is 11.3. The van der Waals surface area contributed by atoms with Crippen LogP contribution in [0.2, 0.25) is 0 Å². The largest absolute Gasteiger partial charge is 0.355 e. The molecule has 0 saturated heterocycles. The molecule has 0 radical (unpaired) electrons. The molecule has 0 atom stereocenters. The van der Waals surface area contributed by atoms with E-state index in [4.69, 9.17) is 0 Å². The number of carbonyl (C=O) groups is 2. The fourth-order valence-electron chi connectivity index (χ4n) is 2.06. The summed E-state index contributed by atoms with van der Waals surface area (Å²) in [5, 5.41) is 8.18. The quantitative estimate of drug-likeness (QED) is 0.710. The molecule has 2 rings (SSSR count). The van der Waals surface area contributed by atoms with Crippen molar-refractivity contribution in [3.8, 4) is 0 Å². The number of rotatable bonds is 5. The summed E-state index contributed by atoms with van der Waals surface area (Å²) in [6, 6.07) is 5.90. The highest BCUT2D eigenvalue weighted by Gasteiger charge is 2.45. The molecule has 1 aliphatic rings. The van der Waals surface area contributed by atoms with Gasteiger partial charge in [0, 0.05) is 20.0 Å². The molecule has 1 aliphatic carbocycles. The van der Waals surface area contributed by atoms with Crippen LogP contribution in [0.5, 0.6) is 0 Å². The Labute approximate surface area is 116 Å². The number of urea groups is 1. The second-order valence-corrected chi connectivity index (χ2v) is 4.95. The fourth-order valence-corrected chi connectivity index (χ4v) is 2.06. The average molecular weight is 279 g/mol. The van der Waals surface area contributed by atoms with Gasteiger partial charge in [0.1, 0.15) is 5.82 Å². The second-order valence-electron chi connectivity index (χ2n) is 4.95. The summed E-state index contributed by atoms with van der Waals surface area (Å²) in [5.74, 6) is -0.415. The van der Waals surface area contributed by atoms with E-state index < -0.39 is 0 Å². The Morgan fingerprint density at radius 2 is 1.75 bits per heavy atom. The number of benzene rings is 1. The molecule has 1 aromatic rings. The second kappa shape index (κ2) is 5.90. The molecule has 3 N–H and O–H groups in total. The third-order valence-electron chi connectivity index (χ3n) is 3.28. The molecule has 0 spiro atoms. The number of nitrogens with one attached hydrogen (secondary N) is 3. The summed E-state index contributed by atoms with van der Waals surface area (Å²) in [4.78, 5) is 22.4. The molecule has 6 heteroatoms. The number of hydrogen-bond acceptors (Lipinski definition) is 2. The lowest BCUT2D eigenvalue weighted by Gasteiger charge is -2.18. The summed E-state index contributed by atoms with van der Waals surface area (Å²) in [7, 11) is 0. The van der Waals surface area contributed by atoms with Gasteiger partial charge in [0.25, 0.3) is 0 Å². The van der Waals surface area contributed by atoms with Gasteiger partial charge in [-0.05, 0) is 30.5 Å². The first-order valence-electron chi connectivity index (χ1n) is 6.58. The van der Waals surface area contributed by atoms with E-state index >= 15 is 0 Å². The minimum atomic E-state index is -0.369. The minimum Gasteiger partial charge on any atom is -0.355 e. The molecule has 0 aromatic heterocycles. The Morgan fingerprint density at radius 1 is 1.15 bits per heavy atom. The van der Waals surface area contributed by atoms with Crippen molar-refractivity contribution in [2.24, 2.45) is 0 Å². The van der Waals surface area contributed by atoms with Crippen LogP contribution in [0.3, 0.4) is 0 Å². The van der Waals surface area contributed by atoms with E-state index in [-0.39, 0.29) is 23.3 Å². The first-order chi connectivity index (χ1) is 9.52. The third kappa shape index (κ3) is 3.69. The van der Waals surface area contributed by atoms with E-state index in [0.717, 1.165) is 18.4 Å². The van der Waals surface area contributed by atoms with Crippen molar-refractivity contribution in [3.05, 3.63) is 35.6 Å². The van der Waals surface area contributed by atoms with Crippen LogP contribution in [0.4, 0.5) is 9.18 Å². The Bertz CT molecular complexity index is 498. The van der Waals surface area contributed by atoms with Crippen LogP contribution in [-0.2, 0) is 10.3 Å². The molecule has 3 amide bonds. The molecule has 20 heavy (non-hydrogen) atoms. The summed E-state index contributed by atoms with van der Waals surface area (Å²) in [5.41, 5.74) is 0.544. The van der Waals surface area contributed by atoms with Gasteiger partial charge < -0.3 is 16.0 Å². The van der Waals surface area contributed by atoms with E-state index in [9.17, 15) is 14.0 Å². The van der Waals surface area contributed by atoms with Gasteiger partial charge in [-0.15, -0.1) is 0 Å². The molecule has 5 nitrogen and oxygen atoms in total. The maximum atomic E-state index is 12.9. The molecule has 0 heterocycles. The van der Waals surface area contributed by atoms with Crippen molar-refractivity contribution in [3.63, 3.8) is 0 Å². The zero-order chi connectivity index (χ0) is 14.6. The van der Waals surface area contributed by atoms with E-state index in [1.807, 2.05) is 0 Å². The Morgan fingerprint density at radius 3 is 2.30 bits per heavy atom. The highest BCUT2D eigenvalue weighted by molar-refractivity contribution is 5.76. The van der Waals surface area contributed by atoms with Crippen molar-refractivity contribution in [2.45, 2.75) is 25.3 Å². The summed E-state index contributed by atoms with van der Waals surface area (Å²) < 4.78 is 12.9. The van der Waals surface area contributed by atoms with Gasteiger partial charge in [0.15, 0.2) is 0 Å². The summed E-state index contributed by atoms with van der Waals surface area (Å²) in [6.45, 7) is 2.19. The number of hydrogen-bond donors (Lipinski definition) is 3. The van der Waals surface area contributed by atoms with E-state index in [1.54, 1.807) is 12.1 Å². The standard InChI is InChI=1S/C14H18FN3O2/c1-10(19)16-8-9-17-13(20)18-14(6-7-14)11-2-4-12(15)5-3-11/h2-5H,6-9H2,1H3,(H,16,19)(H2,17,18,20). The van der Waals surface area contributed by atoms with Crippen molar-refractivity contribution in [1.82, 2.24) is 16.0 Å². The Hall–Kier alpha value is -2.11. The van der Waals surface area contributed by atoms with Crippen molar-refractivity contribution in [1.29, 1.82) is 0 Å². The highest BCUT2D eigenvalue weighted by Crippen LogP contribution is 2.45. The lowest BCUT2D eigenvalue weighted by atomic mass is 10.1. The summed E-state index contributed by atoms with van der Waals surface area (Å²) >= 11 is 0. The lowest BCUT2D eigenvalue weighted by Crippen LogP contribution is -2.44. The van der Waals surface area contributed by atoms with Gasteiger partial charge in [-0.1, -0.05) is 12.1 Å². The summed E-state index contributed by atoms with van der Waals surface area (Å²) in [6.07, 6.45) is 1.69. The van der Waals surface area contributed by atoms with Crippen LogP contribution in [0.15, 0.2) is 24.3 Å². The van der Waals surface area contributed by atoms with Crippen LogP contribution in [-0.4, -0.2) is 25.0 Å². The minimum absolute atomic E-state index is 0.128. The SMILES string of the molecule is CC(=O)NCCNC(=O)NC1(c2ccc(F)cc2)CC1. The zero-order valence-electron chi connectivity index (χ0n) is 11.3. The van der Waals surface area contributed by atoms with Crippen LogP contribution in [0.1, 0.15) is 25.3 Å². The number of carbonyl (C=O) groups excluding carboxylic acids is 2. The normalized spacial score (nSPS) is 15.3. The van der Waals surface area contributed by atoms with Crippen molar-refractivity contribution >= 4 is 11.9 Å². The molecule has 108 valence electrons. The topological polar surface area (TPSA) is 70.2 Å². The fraction of sp³-hybridized carbons (Fsp3) is 0.429. The first kappa shape index (κ1) is 14.3. The molecule has 1 fully saturated rings. The first-order valence-corrected chi connectivity index (χ1v) is 6.58. The van der Waals surface area contributed by atoms with Crippen molar-refractivity contribution in [2.75, 3.05) is 13.1 Å².